The molecule has 1 aliphatic heterocycles. The summed E-state index contributed by atoms with van der Waals surface area (Å²) in [5.74, 6) is -3.49. The van der Waals surface area contributed by atoms with Gasteiger partial charge in [-0.05, 0) is 42.5 Å². The van der Waals surface area contributed by atoms with Crippen LogP contribution in [0, 0.1) is 0 Å². The molecule has 1 heterocycles. The molecule has 0 aromatic heterocycles. The van der Waals surface area contributed by atoms with Gasteiger partial charge >= 0.3 is 11.9 Å². The summed E-state index contributed by atoms with van der Waals surface area (Å²) < 4.78 is 0. The molecule has 1 saturated heterocycles. The third-order valence-corrected chi connectivity index (χ3v) is 6.23. The molecule has 0 bridgehead atoms. The van der Waals surface area contributed by atoms with Crippen molar-refractivity contribution in [1.29, 1.82) is 0 Å². The number of carbonyl (C=O) groups is 3. The first kappa shape index (κ1) is 26.6. The average Bonchev–Trinajstić information content (AvgIpc) is 2.92. The molecule has 2 N–H and O–H groups in total. The van der Waals surface area contributed by atoms with Crippen molar-refractivity contribution in [2.45, 2.75) is 31.8 Å². The molecule has 36 heavy (non-hydrogen) atoms. The Kier molecular flexibility index (Phi) is 10.2. The second kappa shape index (κ2) is 13.8. The summed E-state index contributed by atoms with van der Waals surface area (Å²) in [5.41, 5.74) is 3.53. The van der Waals surface area contributed by atoms with Crippen LogP contribution in [0.1, 0.15) is 34.3 Å². The Bertz CT molecular complexity index is 1090. The number of nitrogens with zero attached hydrogens (tertiary/aromatic N) is 2. The third-order valence-electron chi connectivity index (χ3n) is 6.23. The fraction of sp³-hybridized carbons (Fsp3) is 0.276. The van der Waals surface area contributed by atoms with E-state index in [1.165, 1.54) is 11.1 Å². The highest BCUT2D eigenvalue weighted by Crippen LogP contribution is 2.21. The van der Waals surface area contributed by atoms with E-state index >= 15 is 0 Å². The van der Waals surface area contributed by atoms with E-state index in [0.717, 1.165) is 51.0 Å². The van der Waals surface area contributed by atoms with Gasteiger partial charge in [-0.15, -0.1) is 0 Å². The van der Waals surface area contributed by atoms with Gasteiger partial charge in [0.05, 0.1) is 0 Å². The SMILES string of the molecule is O=C(O)C(=O)O.O=C(c1ccccc1)N1CCC(N(CCc2ccccc2)Cc2ccccc2)CC1. The van der Waals surface area contributed by atoms with Crippen molar-refractivity contribution >= 4 is 17.8 Å². The van der Waals surface area contributed by atoms with Crippen LogP contribution in [0.25, 0.3) is 0 Å². The molecule has 0 spiro atoms. The van der Waals surface area contributed by atoms with Gasteiger partial charge in [-0.25, -0.2) is 9.59 Å². The van der Waals surface area contributed by atoms with Crippen molar-refractivity contribution in [3.63, 3.8) is 0 Å². The number of amides is 1. The number of piperidine rings is 1. The topological polar surface area (TPSA) is 98.1 Å². The van der Waals surface area contributed by atoms with Gasteiger partial charge < -0.3 is 15.1 Å². The van der Waals surface area contributed by atoms with Crippen molar-refractivity contribution in [3.05, 3.63) is 108 Å². The second-order valence-corrected chi connectivity index (χ2v) is 8.69. The van der Waals surface area contributed by atoms with E-state index in [0.29, 0.717) is 6.04 Å². The van der Waals surface area contributed by atoms with Crippen LogP contribution >= 0.6 is 0 Å². The summed E-state index contributed by atoms with van der Waals surface area (Å²) in [4.78, 5) is 35.6. The van der Waals surface area contributed by atoms with Gasteiger partial charge in [-0.3, -0.25) is 9.69 Å². The summed E-state index contributed by atoms with van der Waals surface area (Å²) in [7, 11) is 0. The van der Waals surface area contributed by atoms with Crippen LogP contribution in [-0.2, 0) is 22.6 Å². The van der Waals surface area contributed by atoms with Crippen LogP contribution in [-0.4, -0.2) is 63.5 Å². The number of benzene rings is 3. The summed E-state index contributed by atoms with van der Waals surface area (Å²) in [6, 6.07) is 31.6. The van der Waals surface area contributed by atoms with Crippen LogP contribution in [0.3, 0.4) is 0 Å². The van der Waals surface area contributed by atoms with Crippen LogP contribution in [0.15, 0.2) is 91.0 Å². The number of rotatable bonds is 7. The van der Waals surface area contributed by atoms with Crippen molar-refractivity contribution in [3.8, 4) is 0 Å². The molecule has 7 nitrogen and oxygen atoms in total. The molecule has 1 fully saturated rings. The lowest BCUT2D eigenvalue weighted by molar-refractivity contribution is -0.159. The molecule has 7 heteroatoms. The first-order chi connectivity index (χ1) is 17.4. The van der Waals surface area contributed by atoms with Crippen molar-refractivity contribution in [2.24, 2.45) is 0 Å². The maximum Gasteiger partial charge on any atom is 0.414 e. The zero-order chi connectivity index (χ0) is 25.8. The van der Waals surface area contributed by atoms with E-state index in [1.54, 1.807) is 0 Å². The minimum absolute atomic E-state index is 0.160. The van der Waals surface area contributed by atoms with E-state index in [9.17, 15) is 4.79 Å². The first-order valence-electron chi connectivity index (χ1n) is 12.1. The summed E-state index contributed by atoms with van der Waals surface area (Å²) in [5, 5.41) is 14.8. The van der Waals surface area contributed by atoms with Gasteiger partial charge in [-0.2, -0.15) is 0 Å². The molecular formula is C29H32N2O5. The Morgan fingerprint density at radius 3 is 1.69 bits per heavy atom. The molecule has 0 atom stereocenters. The highest BCUT2D eigenvalue weighted by Gasteiger charge is 2.27. The Labute approximate surface area is 211 Å². The van der Waals surface area contributed by atoms with Crippen LogP contribution in [0.4, 0.5) is 0 Å². The van der Waals surface area contributed by atoms with E-state index < -0.39 is 11.9 Å². The average molecular weight is 489 g/mol. The van der Waals surface area contributed by atoms with Crippen LogP contribution in [0.5, 0.6) is 0 Å². The number of aliphatic carboxylic acids is 2. The molecule has 0 saturated carbocycles. The van der Waals surface area contributed by atoms with E-state index in [1.807, 2.05) is 35.2 Å². The third kappa shape index (κ3) is 8.36. The molecule has 3 aromatic rings. The van der Waals surface area contributed by atoms with Crippen molar-refractivity contribution in [2.75, 3.05) is 19.6 Å². The first-order valence-corrected chi connectivity index (χ1v) is 12.1. The predicted molar refractivity (Wildman–Crippen MR) is 138 cm³/mol. The lowest BCUT2D eigenvalue weighted by Gasteiger charge is -2.39. The fourth-order valence-electron chi connectivity index (χ4n) is 4.32. The Hall–Kier alpha value is -3.97. The monoisotopic (exact) mass is 488 g/mol. The van der Waals surface area contributed by atoms with Gasteiger partial charge in [0.2, 0.25) is 0 Å². The molecule has 0 aliphatic carbocycles. The van der Waals surface area contributed by atoms with Gasteiger partial charge in [0.25, 0.3) is 5.91 Å². The lowest BCUT2D eigenvalue weighted by Crippen LogP contribution is -2.47. The second-order valence-electron chi connectivity index (χ2n) is 8.69. The number of carboxylic acids is 2. The normalized spacial score (nSPS) is 13.5. The van der Waals surface area contributed by atoms with Gasteiger partial charge in [0.15, 0.2) is 0 Å². The lowest BCUT2D eigenvalue weighted by atomic mass is 10.00. The van der Waals surface area contributed by atoms with Gasteiger partial charge in [0.1, 0.15) is 0 Å². The maximum absolute atomic E-state index is 12.8. The molecule has 3 aromatic carbocycles. The van der Waals surface area contributed by atoms with E-state index in [-0.39, 0.29) is 5.91 Å². The Balaban J connectivity index is 0.000000538. The number of likely N-dealkylation sites (tertiary alicyclic amines) is 1. The molecule has 1 amide bonds. The zero-order valence-corrected chi connectivity index (χ0v) is 20.2. The quantitative estimate of drug-likeness (QED) is 0.484. The Morgan fingerprint density at radius 2 is 1.19 bits per heavy atom. The molecule has 0 radical (unpaired) electrons. The summed E-state index contributed by atoms with van der Waals surface area (Å²) >= 11 is 0. The van der Waals surface area contributed by atoms with Crippen LogP contribution < -0.4 is 0 Å². The molecule has 0 unspecified atom stereocenters. The highest BCUT2D eigenvalue weighted by molar-refractivity contribution is 6.27. The minimum atomic E-state index is -1.82. The molecular weight excluding hydrogens is 456 g/mol. The molecule has 1 aliphatic rings. The minimum Gasteiger partial charge on any atom is -0.473 e. The van der Waals surface area contributed by atoms with Crippen LogP contribution in [0.2, 0.25) is 0 Å². The predicted octanol–water partition coefficient (Wildman–Crippen LogP) is 4.19. The number of hydrogen-bond acceptors (Lipinski definition) is 4. The molecule has 188 valence electrons. The highest BCUT2D eigenvalue weighted by atomic mass is 16.4. The standard InChI is InChI=1S/C27H30N2O.C2H2O4/c30-27(25-14-8-3-9-15-25)28-20-17-26(18-21-28)29(22-24-12-6-2-7-13-24)19-16-23-10-4-1-5-11-23;3-1(4)2(5)6/h1-15,26H,16-22H2;(H,3,4)(H,5,6). The number of hydrogen-bond donors (Lipinski definition) is 2. The van der Waals surface area contributed by atoms with Crippen molar-refractivity contribution < 1.29 is 24.6 Å². The van der Waals surface area contributed by atoms with Crippen molar-refractivity contribution in [1.82, 2.24) is 9.80 Å². The summed E-state index contributed by atoms with van der Waals surface area (Å²) in [6.45, 7) is 3.66. The smallest absolute Gasteiger partial charge is 0.414 e. The van der Waals surface area contributed by atoms with E-state index in [4.69, 9.17) is 19.8 Å². The Morgan fingerprint density at radius 1 is 0.722 bits per heavy atom. The maximum atomic E-state index is 12.8. The van der Waals surface area contributed by atoms with Gasteiger partial charge in [0, 0.05) is 37.8 Å². The number of carboxylic acid groups (broad SMARTS) is 2. The number of carbonyl (C=O) groups excluding carboxylic acids is 1. The van der Waals surface area contributed by atoms with Gasteiger partial charge in [-0.1, -0.05) is 78.9 Å². The largest absolute Gasteiger partial charge is 0.473 e. The molecule has 4 rings (SSSR count). The van der Waals surface area contributed by atoms with E-state index in [2.05, 4.69) is 65.6 Å². The fourth-order valence-corrected chi connectivity index (χ4v) is 4.32. The summed E-state index contributed by atoms with van der Waals surface area (Å²) in [6.07, 6.45) is 3.11. The zero-order valence-electron chi connectivity index (χ0n) is 20.2.